The molecule has 0 N–H and O–H groups in total. The predicted octanol–water partition coefficient (Wildman–Crippen LogP) is 23.7. The van der Waals surface area contributed by atoms with Crippen LogP contribution in [0.1, 0.15) is 354 Å². The molecular formula is C77H142NO8P. The van der Waals surface area contributed by atoms with Gasteiger partial charge >= 0.3 is 11.9 Å². The van der Waals surface area contributed by atoms with Crippen molar-refractivity contribution in [2.45, 2.75) is 360 Å². The monoisotopic (exact) mass is 1240 g/mol. The zero-order chi connectivity index (χ0) is 63.4. The van der Waals surface area contributed by atoms with Gasteiger partial charge in [0.15, 0.2) is 6.10 Å². The Balaban J connectivity index is 3.99. The highest BCUT2D eigenvalue weighted by molar-refractivity contribution is 7.45. The van der Waals surface area contributed by atoms with Crippen LogP contribution in [-0.4, -0.2) is 70.0 Å². The van der Waals surface area contributed by atoms with Crippen LogP contribution in [-0.2, 0) is 32.7 Å². The predicted molar refractivity (Wildman–Crippen MR) is 374 cm³/mol. The fraction of sp³-hybridized carbons (Fsp3) is 0.818. The maximum absolute atomic E-state index is 12.9. The molecule has 0 aliphatic carbocycles. The molecule has 0 spiro atoms. The van der Waals surface area contributed by atoms with Gasteiger partial charge in [0.1, 0.15) is 19.8 Å². The molecule has 0 amide bonds. The molecule has 87 heavy (non-hydrogen) atoms. The van der Waals surface area contributed by atoms with E-state index in [0.717, 1.165) is 77.0 Å². The number of phosphoric ester groups is 1. The minimum Gasteiger partial charge on any atom is -0.756 e. The highest BCUT2D eigenvalue weighted by atomic mass is 31.2. The number of rotatable bonds is 69. The number of nitrogens with zero attached hydrogens (tertiary/aromatic N) is 1. The third kappa shape index (κ3) is 72.4. The van der Waals surface area contributed by atoms with E-state index in [1.54, 1.807) is 0 Å². The Labute approximate surface area is 539 Å². The van der Waals surface area contributed by atoms with Crippen LogP contribution in [0.3, 0.4) is 0 Å². The first-order chi connectivity index (χ1) is 42.5. The SMILES string of the molecule is CC/C=C\C/C=C\C/C=C\C/C=C\C/C=C\C/C=C\CCCCCCCCCCCCCCC(=O)OC(COC(=O)CCCCCCCCCCCCCCCCCCCCCCCCCCCCCCCCCC)COP(=O)([O-])OCC[N+](C)(C)C. The molecule has 0 radical (unpaired) electrons. The summed E-state index contributed by atoms with van der Waals surface area (Å²) in [6.07, 6.45) is 91.5. The summed E-state index contributed by atoms with van der Waals surface area (Å²) in [4.78, 5) is 38.1. The minimum atomic E-state index is -4.65. The second kappa shape index (κ2) is 67.8. The van der Waals surface area contributed by atoms with Crippen molar-refractivity contribution >= 4 is 19.8 Å². The van der Waals surface area contributed by atoms with Crippen molar-refractivity contribution < 1.29 is 42.1 Å². The van der Waals surface area contributed by atoms with Gasteiger partial charge in [-0.05, 0) is 64.2 Å². The summed E-state index contributed by atoms with van der Waals surface area (Å²) in [6, 6.07) is 0. The van der Waals surface area contributed by atoms with Crippen molar-refractivity contribution in [2.24, 2.45) is 0 Å². The molecule has 10 heteroatoms. The van der Waals surface area contributed by atoms with Crippen molar-refractivity contribution in [3.05, 3.63) is 72.9 Å². The number of ether oxygens (including phenoxy) is 2. The van der Waals surface area contributed by atoms with Crippen molar-refractivity contribution in [1.29, 1.82) is 0 Å². The number of allylic oxidation sites excluding steroid dienone is 12. The number of quaternary nitrogens is 1. The van der Waals surface area contributed by atoms with Gasteiger partial charge in [-0.15, -0.1) is 0 Å². The lowest BCUT2D eigenvalue weighted by Crippen LogP contribution is -2.37. The Hall–Kier alpha value is -2.55. The maximum atomic E-state index is 12.9. The first-order valence-corrected chi connectivity index (χ1v) is 38.6. The van der Waals surface area contributed by atoms with Gasteiger partial charge in [-0.2, -0.15) is 0 Å². The van der Waals surface area contributed by atoms with Crippen LogP contribution in [0.2, 0.25) is 0 Å². The molecule has 0 aliphatic rings. The topological polar surface area (TPSA) is 111 Å². The average molecular weight is 1240 g/mol. The zero-order valence-corrected chi connectivity index (χ0v) is 58.9. The Morgan fingerprint density at radius 2 is 0.655 bits per heavy atom. The van der Waals surface area contributed by atoms with Crippen LogP contribution in [0, 0.1) is 0 Å². The van der Waals surface area contributed by atoms with Crippen LogP contribution in [0.25, 0.3) is 0 Å². The third-order valence-corrected chi connectivity index (χ3v) is 17.5. The van der Waals surface area contributed by atoms with Gasteiger partial charge in [-0.1, -0.05) is 350 Å². The molecule has 0 heterocycles. The number of unbranched alkanes of at least 4 members (excludes halogenated alkanes) is 43. The minimum absolute atomic E-state index is 0.0315. The number of carbonyl (C=O) groups excluding carboxylic acids is 2. The molecular weight excluding hydrogens is 1100 g/mol. The van der Waals surface area contributed by atoms with Crippen molar-refractivity contribution in [3.63, 3.8) is 0 Å². The van der Waals surface area contributed by atoms with E-state index < -0.39 is 26.5 Å². The van der Waals surface area contributed by atoms with Crippen LogP contribution in [0.5, 0.6) is 0 Å². The van der Waals surface area contributed by atoms with E-state index in [4.69, 9.17) is 18.5 Å². The molecule has 2 unspecified atom stereocenters. The molecule has 0 aromatic rings. The van der Waals surface area contributed by atoms with Gasteiger partial charge in [0.05, 0.1) is 27.7 Å². The Morgan fingerprint density at radius 1 is 0.368 bits per heavy atom. The van der Waals surface area contributed by atoms with Gasteiger partial charge in [0, 0.05) is 12.8 Å². The molecule has 0 bridgehead atoms. The molecule has 508 valence electrons. The number of likely N-dealkylation sites (N-methyl/N-ethyl adjacent to an activating group) is 1. The van der Waals surface area contributed by atoms with Crippen molar-refractivity contribution in [1.82, 2.24) is 0 Å². The van der Waals surface area contributed by atoms with Crippen LogP contribution in [0.4, 0.5) is 0 Å². The second-order valence-corrected chi connectivity index (χ2v) is 27.7. The van der Waals surface area contributed by atoms with Gasteiger partial charge in [-0.25, -0.2) is 0 Å². The van der Waals surface area contributed by atoms with Gasteiger partial charge in [0.2, 0.25) is 0 Å². The van der Waals surface area contributed by atoms with E-state index in [-0.39, 0.29) is 32.0 Å². The van der Waals surface area contributed by atoms with E-state index in [2.05, 4.69) is 86.8 Å². The normalized spacial score (nSPS) is 13.5. The summed E-state index contributed by atoms with van der Waals surface area (Å²) in [6.45, 7) is 4.18. The van der Waals surface area contributed by atoms with E-state index in [0.29, 0.717) is 17.4 Å². The lowest BCUT2D eigenvalue weighted by molar-refractivity contribution is -0.870. The van der Waals surface area contributed by atoms with Gasteiger partial charge in [-0.3, -0.25) is 14.2 Å². The third-order valence-electron chi connectivity index (χ3n) is 16.5. The average Bonchev–Trinajstić information content (AvgIpc) is 3.62. The number of phosphoric acid groups is 1. The zero-order valence-electron chi connectivity index (χ0n) is 58.0. The van der Waals surface area contributed by atoms with E-state index in [9.17, 15) is 19.0 Å². The Morgan fingerprint density at radius 3 is 0.977 bits per heavy atom. The molecule has 0 aromatic heterocycles. The summed E-state index contributed by atoms with van der Waals surface area (Å²) in [5.74, 6) is -0.821. The lowest BCUT2D eigenvalue weighted by Gasteiger charge is -2.28. The highest BCUT2D eigenvalue weighted by Crippen LogP contribution is 2.38. The van der Waals surface area contributed by atoms with Crippen LogP contribution < -0.4 is 4.89 Å². The van der Waals surface area contributed by atoms with Gasteiger partial charge in [0.25, 0.3) is 7.82 Å². The fourth-order valence-electron chi connectivity index (χ4n) is 10.8. The lowest BCUT2D eigenvalue weighted by atomic mass is 10.0. The van der Waals surface area contributed by atoms with Crippen LogP contribution in [0.15, 0.2) is 72.9 Å². The van der Waals surface area contributed by atoms with Crippen molar-refractivity contribution in [3.8, 4) is 0 Å². The molecule has 0 saturated carbocycles. The highest BCUT2D eigenvalue weighted by Gasteiger charge is 2.22. The van der Waals surface area contributed by atoms with Crippen molar-refractivity contribution in [2.75, 3.05) is 47.5 Å². The van der Waals surface area contributed by atoms with E-state index >= 15 is 0 Å². The quantitative estimate of drug-likeness (QED) is 0.0195. The summed E-state index contributed by atoms with van der Waals surface area (Å²) in [7, 11) is 1.17. The second-order valence-electron chi connectivity index (χ2n) is 26.3. The fourth-order valence-corrected chi connectivity index (χ4v) is 11.6. The first-order valence-electron chi connectivity index (χ1n) is 37.1. The summed E-state index contributed by atoms with van der Waals surface area (Å²) in [5.41, 5.74) is 0. The van der Waals surface area contributed by atoms with E-state index in [1.165, 1.54) is 244 Å². The number of hydrogen-bond acceptors (Lipinski definition) is 8. The molecule has 2 atom stereocenters. The molecule has 0 rings (SSSR count). The number of esters is 2. The van der Waals surface area contributed by atoms with E-state index in [1.807, 2.05) is 21.1 Å². The summed E-state index contributed by atoms with van der Waals surface area (Å²) in [5, 5.41) is 0. The Kier molecular flexibility index (Phi) is 65.8. The largest absolute Gasteiger partial charge is 0.756 e. The molecule has 9 nitrogen and oxygen atoms in total. The number of hydrogen-bond donors (Lipinski definition) is 0. The van der Waals surface area contributed by atoms with Crippen LogP contribution >= 0.6 is 7.82 Å². The Bertz CT molecular complexity index is 1700. The molecule has 0 aliphatic heterocycles. The molecule has 0 saturated heterocycles. The number of carbonyl (C=O) groups is 2. The summed E-state index contributed by atoms with van der Waals surface area (Å²) >= 11 is 0. The first kappa shape index (κ1) is 84.5. The standard InChI is InChI=1S/C77H142NO8P/c1-6-8-10-12-14-16-18-20-22-24-26-28-30-32-34-36-38-40-41-43-45-47-49-51-53-55-57-59-61-63-65-67-69-76(79)83-73-75(74-85-87(81,82)84-72-71-78(3,4)5)86-77(80)70-68-66-64-62-60-58-56-54-52-50-48-46-44-42-39-37-35-33-31-29-27-25-23-21-19-17-15-13-11-9-7-2/h9,11,15,17,21,23,27,29,33,35,39,42,75H,6-8,10,12-14,16,18-20,22,24-26,28,30-32,34,36-38,40-41,43-74H2,1-5H3/b11-9-,17-15-,23-21-,29-27-,35-33-,42-39-. The maximum Gasteiger partial charge on any atom is 0.306 e. The van der Waals surface area contributed by atoms with Gasteiger partial charge < -0.3 is 27.9 Å². The summed E-state index contributed by atoms with van der Waals surface area (Å²) < 4.78 is 34.4. The smallest absolute Gasteiger partial charge is 0.306 e. The molecule has 0 aromatic carbocycles. The molecule has 0 fully saturated rings.